The number of nitrogens with zero attached hydrogens (tertiary/aromatic N) is 1. The maximum atomic E-state index is 11.4. The van der Waals surface area contributed by atoms with Crippen LogP contribution in [0.25, 0.3) is 0 Å². The Balaban J connectivity index is 2.19. The standard InChI is InChI=1S/C13H18N2O/c1-14-13(16)10-11-6-2-3-7-12(11)15-8-4-5-9-15/h2-3,6-7H,4-5,8-10H2,1H3,(H,14,16). The highest BCUT2D eigenvalue weighted by atomic mass is 16.1. The van der Waals surface area contributed by atoms with Gasteiger partial charge in [0.15, 0.2) is 0 Å². The number of rotatable bonds is 3. The van der Waals surface area contributed by atoms with Crippen molar-refractivity contribution in [3.05, 3.63) is 29.8 Å². The molecule has 3 nitrogen and oxygen atoms in total. The molecule has 0 radical (unpaired) electrons. The van der Waals surface area contributed by atoms with Crippen LogP contribution in [0.2, 0.25) is 0 Å². The number of likely N-dealkylation sites (N-methyl/N-ethyl adjacent to an activating group) is 1. The third kappa shape index (κ3) is 2.35. The van der Waals surface area contributed by atoms with Crippen LogP contribution >= 0.6 is 0 Å². The summed E-state index contributed by atoms with van der Waals surface area (Å²) in [4.78, 5) is 13.8. The van der Waals surface area contributed by atoms with Gasteiger partial charge in [0.05, 0.1) is 6.42 Å². The summed E-state index contributed by atoms with van der Waals surface area (Å²) in [5.41, 5.74) is 2.35. The van der Waals surface area contributed by atoms with Crippen molar-refractivity contribution in [2.75, 3.05) is 25.0 Å². The average molecular weight is 218 g/mol. The number of carbonyl (C=O) groups is 1. The van der Waals surface area contributed by atoms with E-state index in [1.54, 1.807) is 7.05 Å². The zero-order valence-corrected chi connectivity index (χ0v) is 9.70. The summed E-state index contributed by atoms with van der Waals surface area (Å²) in [6.45, 7) is 2.23. The highest BCUT2D eigenvalue weighted by Crippen LogP contribution is 2.24. The van der Waals surface area contributed by atoms with E-state index in [1.165, 1.54) is 18.5 Å². The molecule has 1 amide bonds. The molecule has 1 saturated heterocycles. The molecule has 0 bridgehead atoms. The van der Waals surface area contributed by atoms with Crippen LogP contribution in [0.3, 0.4) is 0 Å². The minimum Gasteiger partial charge on any atom is -0.371 e. The minimum atomic E-state index is 0.0756. The fourth-order valence-corrected chi connectivity index (χ4v) is 2.19. The van der Waals surface area contributed by atoms with Gasteiger partial charge in [0.1, 0.15) is 0 Å². The van der Waals surface area contributed by atoms with Crippen molar-refractivity contribution in [3.8, 4) is 0 Å². The minimum absolute atomic E-state index is 0.0756. The maximum Gasteiger partial charge on any atom is 0.224 e. The number of hydrogen-bond acceptors (Lipinski definition) is 2. The molecule has 16 heavy (non-hydrogen) atoms. The number of amides is 1. The van der Waals surface area contributed by atoms with E-state index in [9.17, 15) is 4.79 Å². The highest BCUT2D eigenvalue weighted by Gasteiger charge is 2.16. The van der Waals surface area contributed by atoms with Crippen LogP contribution in [0.15, 0.2) is 24.3 Å². The lowest BCUT2D eigenvalue weighted by atomic mass is 10.1. The predicted molar refractivity (Wildman–Crippen MR) is 65.7 cm³/mol. The molecule has 2 rings (SSSR count). The molecule has 0 aromatic heterocycles. The van der Waals surface area contributed by atoms with Gasteiger partial charge in [0.25, 0.3) is 0 Å². The van der Waals surface area contributed by atoms with E-state index in [2.05, 4.69) is 16.3 Å². The van der Waals surface area contributed by atoms with Gasteiger partial charge in [-0.2, -0.15) is 0 Å². The molecule has 1 fully saturated rings. The molecule has 1 N–H and O–H groups in total. The second-order valence-electron chi connectivity index (χ2n) is 4.17. The van der Waals surface area contributed by atoms with Crippen LogP contribution in [-0.2, 0) is 11.2 Å². The molecule has 1 aliphatic heterocycles. The summed E-state index contributed by atoms with van der Waals surface area (Å²) in [6.07, 6.45) is 2.99. The lowest BCUT2D eigenvalue weighted by Gasteiger charge is -2.21. The molecule has 1 aromatic rings. The first-order chi connectivity index (χ1) is 7.81. The number of carbonyl (C=O) groups excluding carboxylic acids is 1. The third-order valence-corrected chi connectivity index (χ3v) is 3.07. The first-order valence-electron chi connectivity index (χ1n) is 5.84. The Kier molecular flexibility index (Phi) is 3.44. The van der Waals surface area contributed by atoms with Gasteiger partial charge >= 0.3 is 0 Å². The number of para-hydroxylation sites is 1. The number of anilines is 1. The zero-order chi connectivity index (χ0) is 11.4. The van der Waals surface area contributed by atoms with Gasteiger partial charge in [0, 0.05) is 25.8 Å². The summed E-state index contributed by atoms with van der Waals surface area (Å²) in [7, 11) is 1.68. The molecule has 0 unspecified atom stereocenters. The van der Waals surface area contributed by atoms with Crippen LogP contribution in [0, 0.1) is 0 Å². The SMILES string of the molecule is CNC(=O)Cc1ccccc1N1CCCC1. The van der Waals surface area contributed by atoms with Crippen molar-refractivity contribution in [1.82, 2.24) is 5.32 Å². The van der Waals surface area contributed by atoms with E-state index in [4.69, 9.17) is 0 Å². The molecule has 1 aromatic carbocycles. The first kappa shape index (κ1) is 11.0. The molecule has 1 aliphatic rings. The quantitative estimate of drug-likeness (QED) is 0.835. The van der Waals surface area contributed by atoms with Crippen molar-refractivity contribution >= 4 is 11.6 Å². The van der Waals surface area contributed by atoms with Crippen molar-refractivity contribution in [3.63, 3.8) is 0 Å². The summed E-state index contributed by atoms with van der Waals surface area (Å²) < 4.78 is 0. The van der Waals surface area contributed by atoms with E-state index in [1.807, 2.05) is 18.2 Å². The number of hydrogen-bond donors (Lipinski definition) is 1. The van der Waals surface area contributed by atoms with E-state index < -0.39 is 0 Å². The highest BCUT2D eigenvalue weighted by molar-refractivity contribution is 5.80. The predicted octanol–water partition coefficient (Wildman–Crippen LogP) is 1.58. The van der Waals surface area contributed by atoms with Gasteiger partial charge < -0.3 is 10.2 Å². The summed E-state index contributed by atoms with van der Waals surface area (Å²) in [5.74, 6) is 0.0756. The summed E-state index contributed by atoms with van der Waals surface area (Å²) in [6, 6.07) is 8.20. The summed E-state index contributed by atoms with van der Waals surface area (Å²) >= 11 is 0. The molecule has 86 valence electrons. The molecule has 0 aliphatic carbocycles. The molecule has 3 heteroatoms. The van der Waals surface area contributed by atoms with E-state index in [-0.39, 0.29) is 5.91 Å². The normalized spacial score (nSPS) is 15.2. The Morgan fingerprint density at radius 2 is 2.00 bits per heavy atom. The molecule has 0 atom stereocenters. The van der Waals surface area contributed by atoms with Gasteiger partial charge in [-0.25, -0.2) is 0 Å². The monoisotopic (exact) mass is 218 g/mol. The second-order valence-corrected chi connectivity index (χ2v) is 4.17. The number of nitrogens with one attached hydrogen (secondary N) is 1. The van der Waals surface area contributed by atoms with Gasteiger partial charge in [0.2, 0.25) is 5.91 Å². The Morgan fingerprint density at radius 3 is 2.69 bits per heavy atom. The topological polar surface area (TPSA) is 32.3 Å². The first-order valence-corrected chi connectivity index (χ1v) is 5.84. The third-order valence-electron chi connectivity index (χ3n) is 3.07. The molecular weight excluding hydrogens is 200 g/mol. The Morgan fingerprint density at radius 1 is 1.31 bits per heavy atom. The molecule has 1 heterocycles. The lowest BCUT2D eigenvalue weighted by Crippen LogP contribution is -2.23. The van der Waals surface area contributed by atoms with Crippen LogP contribution < -0.4 is 10.2 Å². The van der Waals surface area contributed by atoms with Crippen LogP contribution in [-0.4, -0.2) is 26.0 Å². The van der Waals surface area contributed by atoms with E-state index in [0.717, 1.165) is 18.7 Å². The Bertz CT molecular complexity index is 370. The maximum absolute atomic E-state index is 11.4. The van der Waals surface area contributed by atoms with E-state index >= 15 is 0 Å². The lowest BCUT2D eigenvalue weighted by molar-refractivity contribution is -0.119. The van der Waals surface area contributed by atoms with Gasteiger partial charge in [-0.05, 0) is 24.5 Å². The van der Waals surface area contributed by atoms with Crippen LogP contribution in [0.4, 0.5) is 5.69 Å². The second kappa shape index (κ2) is 5.01. The van der Waals surface area contributed by atoms with Crippen molar-refractivity contribution < 1.29 is 4.79 Å². The smallest absolute Gasteiger partial charge is 0.224 e. The van der Waals surface area contributed by atoms with Crippen molar-refractivity contribution in [2.24, 2.45) is 0 Å². The zero-order valence-electron chi connectivity index (χ0n) is 9.70. The fraction of sp³-hybridized carbons (Fsp3) is 0.462. The van der Waals surface area contributed by atoms with Crippen LogP contribution in [0.5, 0.6) is 0 Å². The molecule has 0 spiro atoms. The Labute approximate surface area is 96.5 Å². The van der Waals surface area contributed by atoms with Crippen LogP contribution in [0.1, 0.15) is 18.4 Å². The van der Waals surface area contributed by atoms with Crippen molar-refractivity contribution in [1.29, 1.82) is 0 Å². The average Bonchev–Trinajstić information content (AvgIpc) is 2.83. The Hall–Kier alpha value is -1.51. The van der Waals surface area contributed by atoms with Gasteiger partial charge in [-0.3, -0.25) is 4.79 Å². The largest absolute Gasteiger partial charge is 0.371 e. The summed E-state index contributed by atoms with van der Waals surface area (Å²) in [5, 5.41) is 2.67. The van der Waals surface area contributed by atoms with Crippen molar-refractivity contribution in [2.45, 2.75) is 19.3 Å². The van der Waals surface area contributed by atoms with Gasteiger partial charge in [-0.1, -0.05) is 18.2 Å². The molecular formula is C13H18N2O. The van der Waals surface area contributed by atoms with E-state index in [0.29, 0.717) is 6.42 Å². The molecule has 0 saturated carbocycles. The number of benzene rings is 1. The van der Waals surface area contributed by atoms with Gasteiger partial charge in [-0.15, -0.1) is 0 Å². The fourth-order valence-electron chi connectivity index (χ4n) is 2.19.